The lowest BCUT2D eigenvalue weighted by Crippen LogP contribution is -1.94. The van der Waals surface area contributed by atoms with E-state index in [9.17, 15) is 4.79 Å². The second kappa shape index (κ2) is 4.25. The van der Waals surface area contributed by atoms with E-state index in [-0.39, 0.29) is 5.89 Å². The van der Waals surface area contributed by atoms with Gasteiger partial charge in [-0.05, 0) is 0 Å². The summed E-state index contributed by atoms with van der Waals surface area (Å²) in [6, 6.07) is 0. The molecule has 10 heavy (non-hydrogen) atoms. The largest absolute Gasteiger partial charge is 0.474 e. The second-order valence-corrected chi connectivity index (χ2v) is 1.14. The van der Waals surface area contributed by atoms with Crippen molar-refractivity contribution in [3.63, 3.8) is 0 Å². The van der Waals surface area contributed by atoms with Crippen molar-refractivity contribution < 1.29 is 19.1 Å². The molecule has 0 spiro atoms. The molecule has 0 unspecified atom stereocenters. The zero-order valence-electron chi connectivity index (χ0n) is 4.98. The minimum Gasteiger partial charge on any atom is -0.474 e. The highest BCUT2D eigenvalue weighted by molar-refractivity contribution is 5.81. The third-order valence-corrected chi connectivity index (χ3v) is 0.615. The Labute approximate surface area is 56.3 Å². The second-order valence-electron chi connectivity index (χ2n) is 1.14. The van der Waals surface area contributed by atoms with Crippen molar-refractivity contribution in [2.24, 2.45) is 0 Å². The van der Waals surface area contributed by atoms with Crippen LogP contribution in [-0.2, 0) is 4.79 Å². The Bertz CT molecular complexity index is 193. The molecule has 1 aromatic heterocycles. The number of carboxylic acid groups (broad SMARTS) is 1. The van der Waals surface area contributed by atoms with Crippen molar-refractivity contribution in [2.45, 2.75) is 0 Å². The van der Waals surface area contributed by atoms with E-state index in [2.05, 4.69) is 9.40 Å². The molecule has 5 nitrogen and oxygen atoms in total. The Hall–Kier alpha value is -1.65. The Morgan fingerprint density at radius 1 is 1.70 bits per heavy atom. The maximum absolute atomic E-state index is 9.91. The molecule has 1 rings (SSSR count). The Morgan fingerprint density at radius 3 is 2.50 bits per heavy atom. The highest BCUT2D eigenvalue weighted by atomic mass is 16.4. The van der Waals surface area contributed by atoms with Gasteiger partial charge in [0.1, 0.15) is 13.1 Å². The Kier molecular flexibility index (Phi) is 3.55. The van der Waals surface area contributed by atoms with Crippen LogP contribution in [0, 0.1) is 0 Å². The number of oxazole rings is 1. The summed E-state index contributed by atoms with van der Waals surface area (Å²) >= 11 is 0. The van der Waals surface area contributed by atoms with Gasteiger partial charge in [0, 0.05) is 0 Å². The van der Waals surface area contributed by atoms with Gasteiger partial charge in [0.15, 0.2) is 0 Å². The molecule has 0 bridgehead atoms. The van der Waals surface area contributed by atoms with Gasteiger partial charge in [-0.1, -0.05) is 0 Å². The number of hydrogen-bond donors (Lipinski definition) is 1. The molecule has 1 aromatic rings. The topological polar surface area (TPSA) is 80.4 Å². The summed E-state index contributed by atoms with van der Waals surface area (Å²) < 4.78 is 4.38. The number of carbonyl (C=O) groups is 2. The van der Waals surface area contributed by atoms with Crippen LogP contribution < -0.4 is 0 Å². The average molecular weight is 143 g/mol. The quantitative estimate of drug-likeness (QED) is 0.606. The van der Waals surface area contributed by atoms with E-state index in [0.717, 1.165) is 0 Å². The molecule has 1 N–H and O–H groups in total. The van der Waals surface area contributed by atoms with E-state index < -0.39 is 5.97 Å². The highest BCUT2D eigenvalue weighted by Gasteiger charge is 2.04. The summed E-state index contributed by atoms with van der Waals surface area (Å²) in [6.45, 7) is 2.00. The summed E-state index contributed by atoms with van der Waals surface area (Å²) in [5.74, 6) is -1.42. The molecule has 0 saturated heterocycles. The van der Waals surface area contributed by atoms with E-state index in [1.165, 1.54) is 12.5 Å². The lowest BCUT2D eigenvalue weighted by Gasteiger charge is -1.77. The number of carboxylic acids is 1. The monoisotopic (exact) mass is 143 g/mol. The first-order chi connectivity index (χ1) is 4.80. The SMILES string of the molecule is C=O.O=C(O)c1ncco1. The number of aromatic nitrogens is 1. The lowest BCUT2D eigenvalue weighted by molar-refractivity contribution is -0.0980. The molecule has 0 aliphatic heterocycles. The normalized spacial score (nSPS) is 7.60. The van der Waals surface area contributed by atoms with Crippen LogP contribution in [0.1, 0.15) is 10.7 Å². The fourth-order valence-electron chi connectivity index (χ4n) is 0.329. The molecular formula is C5H5NO4. The zero-order valence-corrected chi connectivity index (χ0v) is 4.98. The van der Waals surface area contributed by atoms with Gasteiger partial charge in [-0.25, -0.2) is 9.78 Å². The average Bonchev–Trinajstić information content (AvgIpc) is 2.42. The molecule has 54 valence electrons. The van der Waals surface area contributed by atoms with Gasteiger partial charge in [-0.15, -0.1) is 0 Å². The standard InChI is InChI=1S/C4H3NO3.CH2O/c6-4(7)3-5-1-2-8-3;1-2/h1-2H,(H,6,7);1H2. The first-order valence-corrected chi connectivity index (χ1v) is 2.22. The summed E-state index contributed by atoms with van der Waals surface area (Å²) in [6.07, 6.45) is 2.49. The molecule has 0 radical (unpaired) electrons. The molecule has 0 fully saturated rings. The molecular weight excluding hydrogens is 138 g/mol. The van der Waals surface area contributed by atoms with Gasteiger partial charge in [0.25, 0.3) is 0 Å². The van der Waals surface area contributed by atoms with Crippen LogP contribution in [0.5, 0.6) is 0 Å². The zero-order chi connectivity index (χ0) is 7.98. The fraction of sp³-hybridized carbons (Fsp3) is 0. The molecule has 0 saturated carbocycles. The summed E-state index contributed by atoms with van der Waals surface area (Å²) in [5.41, 5.74) is 0. The van der Waals surface area contributed by atoms with Gasteiger partial charge in [0.2, 0.25) is 0 Å². The van der Waals surface area contributed by atoms with E-state index in [1.54, 1.807) is 0 Å². The van der Waals surface area contributed by atoms with Gasteiger partial charge < -0.3 is 14.3 Å². The van der Waals surface area contributed by atoms with Crippen LogP contribution in [0.25, 0.3) is 0 Å². The molecule has 0 amide bonds. The number of nitrogens with zero attached hydrogens (tertiary/aromatic N) is 1. The lowest BCUT2D eigenvalue weighted by atomic mass is 10.7. The molecule has 0 atom stereocenters. The minimum atomic E-state index is -1.14. The maximum Gasteiger partial charge on any atom is 0.392 e. The molecule has 5 heteroatoms. The Balaban J connectivity index is 0.000000371. The van der Waals surface area contributed by atoms with Gasteiger partial charge in [-0.2, -0.15) is 0 Å². The third-order valence-electron chi connectivity index (χ3n) is 0.615. The van der Waals surface area contributed by atoms with E-state index >= 15 is 0 Å². The fourth-order valence-corrected chi connectivity index (χ4v) is 0.329. The number of rotatable bonds is 1. The van der Waals surface area contributed by atoms with Crippen LogP contribution >= 0.6 is 0 Å². The molecule has 1 heterocycles. The minimum absolute atomic E-state index is 0.273. The number of hydrogen-bond acceptors (Lipinski definition) is 4. The van der Waals surface area contributed by atoms with Crippen LogP contribution in [0.15, 0.2) is 16.9 Å². The van der Waals surface area contributed by atoms with Crippen LogP contribution in [-0.4, -0.2) is 22.8 Å². The maximum atomic E-state index is 9.91. The third kappa shape index (κ3) is 2.08. The predicted octanol–water partition coefficient (Wildman–Crippen LogP) is 0.188. The van der Waals surface area contributed by atoms with Crippen molar-refractivity contribution in [3.05, 3.63) is 18.4 Å². The van der Waals surface area contributed by atoms with Crippen LogP contribution in [0.3, 0.4) is 0 Å². The van der Waals surface area contributed by atoms with Crippen molar-refractivity contribution in [1.82, 2.24) is 4.98 Å². The van der Waals surface area contributed by atoms with E-state index in [0.29, 0.717) is 0 Å². The van der Waals surface area contributed by atoms with E-state index in [1.807, 2.05) is 6.79 Å². The van der Waals surface area contributed by atoms with Crippen LogP contribution in [0.2, 0.25) is 0 Å². The highest BCUT2D eigenvalue weighted by Crippen LogP contribution is 1.91. The van der Waals surface area contributed by atoms with Crippen molar-refractivity contribution in [1.29, 1.82) is 0 Å². The molecule has 0 aliphatic carbocycles. The first kappa shape index (κ1) is 8.35. The summed E-state index contributed by atoms with van der Waals surface area (Å²) in [5, 5.41) is 8.12. The predicted molar refractivity (Wildman–Crippen MR) is 30.6 cm³/mol. The Morgan fingerprint density at radius 2 is 2.30 bits per heavy atom. The smallest absolute Gasteiger partial charge is 0.392 e. The van der Waals surface area contributed by atoms with Gasteiger partial charge in [-0.3, -0.25) is 0 Å². The number of carbonyl (C=O) groups excluding carboxylic acids is 1. The van der Waals surface area contributed by atoms with Crippen LogP contribution in [0.4, 0.5) is 0 Å². The van der Waals surface area contributed by atoms with Crippen molar-refractivity contribution >= 4 is 12.8 Å². The van der Waals surface area contributed by atoms with Gasteiger partial charge in [0.05, 0.1) is 6.20 Å². The summed E-state index contributed by atoms with van der Waals surface area (Å²) in [4.78, 5) is 21.3. The van der Waals surface area contributed by atoms with E-state index in [4.69, 9.17) is 9.90 Å². The van der Waals surface area contributed by atoms with Crippen molar-refractivity contribution in [3.8, 4) is 0 Å². The van der Waals surface area contributed by atoms with Gasteiger partial charge >= 0.3 is 11.9 Å². The summed E-state index contributed by atoms with van der Waals surface area (Å²) in [7, 11) is 0. The molecule has 0 aromatic carbocycles. The molecule has 0 aliphatic rings. The van der Waals surface area contributed by atoms with Crippen molar-refractivity contribution in [2.75, 3.05) is 0 Å². The first-order valence-electron chi connectivity index (χ1n) is 2.22. The number of aromatic carboxylic acids is 1.